The van der Waals surface area contributed by atoms with Crippen LogP contribution in [0.5, 0.6) is 5.75 Å². The first-order valence-electron chi connectivity index (χ1n) is 12.4. The Bertz CT molecular complexity index is 1020. The minimum Gasteiger partial charge on any atom is -0.497 e. The largest absolute Gasteiger partial charge is 0.497 e. The zero-order valence-electron chi connectivity index (χ0n) is 21.7. The first kappa shape index (κ1) is 28.7. The van der Waals surface area contributed by atoms with Crippen LogP contribution in [0.4, 0.5) is 5.69 Å². The molecule has 0 aliphatic heterocycles. The van der Waals surface area contributed by atoms with Crippen molar-refractivity contribution in [1.82, 2.24) is 5.32 Å². The molecule has 200 valence electrons. The number of anilines is 1. The van der Waals surface area contributed by atoms with E-state index in [4.69, 9.17) is 14.2 Å². The van der Waals surface area contributed by atoms with Crippen LogP contribution in [-0.2, 0) is 30.3 Å². The minimum absolute atomic E-state index is 0.00996. The van der Waals surface area contributed by atoms with Crippen LogP contribution < -0.4 is 15.4 Å². The summed E-state index contributed by atoms with van der Waals surface area (Å²) in [5.74, 6) is 0.480. The molecule has 0 bridgehead atoms. The Morgan fingerprint density at radius 3 is 2.27 bits per heavy atom. The van der Waals surface area contributed by atoms with Gasteiger partial charge in [-0.2, -0.15) is 0 Å². The molecule has 1 aliphatic rings. The van der Waals surface area contributed by atoms with Gasteiger partial charge in [0.25, 0.3) is 0 Å². The monoisotopic (exact) mass is 528 g/mol. The number of thioether (sulfide) groups is 1. The molecule has 1 saturated carbocycles. The average molecular weight is 529 g/mol. The lowest BCUT2D eigenvalue weighted by Crippen LogP contribution is -2.53. The predicted octanol–water partition coefficient (Wildman–Crippen LogP) is 3.84. The maximum absolute atomic E-state index is 13.8. The Morgan fingerprint density at radius 1 is 1.00 bits per heavy atom. The zero-order chi connectivity index (χ0) is 26.7. The van der Waals surface area contributed by atoms with Gasteiger partial charge < -0.3 is 24.8 Å². The second kappa shape index (κ2) is 14.2. The van der Waals surface area contributed by atoms with Crippen molar-refractivity contribution in [1.29, 1.82) is 0 Å². The molecule has 8 nitrogen and oxygen atoms in total. The fourth-order valence-electron chi connectivity index (χ4n) is 4.47. The first-order valence-corrected chi connectivity index (χ1v) is 13.3. The minimum atomic E-state index is -0.797. The first-order chi connectivity index (χ1) is 17.9. The summed E-state index contributed by atoms with van der Waals surface area (Å²) in [5.41, 5.74) is 0.756. The normalized spacial score (nSPS) is 20.0. The number of carbonyl (C=O) groups excluding carboxylic acids is 3. The van der Waals surface area contributed by atoms with Crippen LogP contribution in [0.25, 0.3) is 0 Å². The summed E-state index contributed by atoms with van der Waals surface area (Å²) in [7, 11) is 4.73. The number of amides is 2. The van der Waals surface area contributed by atoms with Gasteiger partial charge >= 0.3 is 0 Å². The predicted molar refractivity (Wildman–Crippen MR) is 145 cm³/mol. The van der Waals surface area contributed by atoms with Crippen LogP contribution >= 0.6 is 11.8 Å². The third kappa shape index (κ3) is 8.31. The van der Waals surface area contributed by atoms with Crippen molar-refractivity contribution in [2.45, 2.75) is 44.2 Å². The molecule has 2 aromatic rings. The highest BCUT2D eigenvalue weighted by molar-refractivity contribution is 8.13. The number of rotatable bonds is 12. The van der Waals surface area contributed by atoms with E-state index in [1.807, 2.05) is 30.3 Å². The molecule has 2 aromatic carbocycles. The smallest absolute Gasteiger partial charge is 0.247 e. The summed E-state index contributed by atoms with van der Waals surface area (Å²) < 4.78 is 15.7. The third-order valence-corrected chi connectivity index (χ3v) is 7.88. The molecule has 0 radical (unpaired) electrons. The molecule has 0 aromatic heterocycles. The summed E-state index contributed by atoms with van der Waals surface area (Å²) in [5, 5.41) is 5.82. The summed E-state index contributed by atoms with van der Waals surface area (Å²) in [6.45, 7) is -0.00996. The maximum Gasteiger partial charge on any atom is 0.247 e. The molecule has 9 heteroatoms. The quantitative estimate of drug-likeness (QED) is 0.431. The van der Waals surface area contributed by atoms with Gasteiger partial charge in [0, 0.05) is 32.1 Å². The number of nitrogens with one attached hydrogen (secondary N) is 2. The second-order valence-electron chi connectivity index (χ2n) is 9.24. The van der Waals surface area contributed by atoms with E-state index in [1.165, 1.54) is 7.11 Å². The fraction of sp³-hybridized carbons (Fsp3) is 0.464. The molecule has 2 amide bonds. The van der Waals surface area contributed by atoms with Crippen molar-refractivity contribution < 1.29 is 28.6 Å². The van der Waals surface area contributed by atoms with Gasteiger partial charge in [-0.15, -0.1) is 0 Å². The van der Waals surface area contributed by atoms with E-state index in [2.05, 4.69) is 10.6 Å². The number of benzene rings is 2. The molecule has 1 aliphatic carbocycles. The number of ether oxygens (including phenoxy) is 3. The SMILES string of the molecule is COCC(=O)SCC1(C(=O)N[C@@H](Cc2ccccc2)C(=O)Nc2ccc(OC)cc2)CCC(OC)CC1. The van der Waals surface area contributed by atoms with Gasteiger partial charge in [0.15, 0.2) is 0 Å². The van der Waals surface area contributed by atoms with Crippen LogP contribution in [0, 0.1) is 5.41 Å². The van der Waals surface area contributed by atoms with Gasteiger partial charge in [0.05, 0.1) is 18.6 Å². The van der Waals surface area contributed by atoms with E-state index in [9.17, 15) is 14.4 Å². The third-order valence-electron chi connectivity index (χ3n) is 6.74. The number of hydrogen-bond donors (Lipinski definition) is 2. The van der Waals surface area contributed by atoms with E-state index in [0.717, 1.165) is 17.3 Å². The number of methoxy groups -OCH3 is 3. The molecule has 3 rings (SSSR count). The molecule has 37 heavy (non-hydrogen) atoms. The Morgan fingerprint density at radius 2 is 1.68 bits per heavy atom. The molecular formula is C28H36N2O6S. The Hall–Kier alpha value is -2.88. The zero-order valence-corrected chi connectivity index (χ0v) is 22.5. The summed E-state index contributed by atoms with van der Waals surface area (Å²) in [4.78, 5) is 39.4. The van der Waals surface area contributed by atoms with E-state index in [0.29, 0.717) is 49.3 Å². The number of hydrogen-bond acceptors (Lipinski definition) is 7. The van der Waals surface area contributed by atoms with Crippen molar-refractivity contribution in [3.8, 4) is 5.75 Å². The Labute approximate surface area is 222 Å². The van der Waals surface area contributed by atoms with Gasteiger partial charge in [0.2, 0.25) is 16.9 Å². The van der Waals surface area contributed by atoms with Crippen molar-refractivity contribution in [2.24, 2.45) is 5.41 Å². The topological polar surface area (TPSA) is 103 Å². The van der Waals surface area contributed by atoms with Gasteiger partial charge in [-0.25, -0.2) is 0 Å². The lowest BCUT2D eigenvalue weighted by atomic mass is 9.73. The van der Waals surface area contributed by atoms with Crippen LogP contribution in [0.2, 0.25) is 0 Å². The van der Waals surface area contributed by atoms with Gasteiger partial charge in [-0.05, 0) is 55.5 Å². The van der Waals surface area contributed by atoms with Crippen LogP contribution in [0.15, 0.2) is 54.6 Å². The standard InChI is InChI=1S/C28H36N2O6S/c1-34-18-25(31)37-19-28(15-13-23(36-3)14-16-28)27(33)30-24(17-20-7-5-4-6-8-20)26(32)29-21-9-11-22(35-2)12-10-21/h4-12,23-24H,13-19H2,1-3H3,(H,29,32)(H,30,33)/t23?,24-,28?/m0/s1. The second-order valence-corrected chi connectivity index (χ2v) is 10.3. The summed E-state index contributed by atoms with van der Waals surface area (Å²) >= 11 is 1.11. The van der Waals surface area contributed by atoms with Gasteiger partial charge in [0.1, 0.15) is 18.4 Å². The van der Waals surface area contributed by atoms with Crippen molar-refractivity contribution in [2.75, 3.05) is 39.0 Å². The van der Waals surface area contributed by atoms with Crippen molar-refractivity contribution in [3.63, 3.8) is 0 Å². The van der Waals surface area contributed by atoms with Crippen molar-refractivity contribution in [3.05, 3.63) is 60.2 Å². The lowest BCUT2D eigenvalue weighted by molar-refractivity contribution is -0.136. The molecule has 0 heterocycles. The number of carbonyl (C=O) groups is 3. The maximum atomic E-state index is 13.8. The van der Waals surface area contributed by atoms with Crippen LogP contribution in [-0.4, -0.2) is 62.8 Å². The van der Waals surface area contributed by atoms with E-state index < -0.39 is 11.5 Å². The molecule has 0 saturated heterocycles. The molecule has 1 atom stereocenters. The molecule has 0 spiro atoms. The summed E-state index contributed by atoms with van der Waals surface area (Å²) in [6.07, 6.45) is 2.99. The van der Waals surface area contributed by atoms with E-state index >= 15 is 0 Å². The lowest BCUT2D eigenvalue weighted by Gasteiger charge is -2.39. The average Bonchev–Trinajstić information content (AvgIpc) is 2.93. The molecule has 0 unspecified atom stereocenters. The summed E-state index contributed by atoms with van der Waals surface area (Å²) in [6, 6.07) is 15.8. The highest BCUT2D eigenvalue weighted by atomic mass is 32.2. The van der Waals surface area contributed by atoms with Crippen LogP contribution in [0.1, 0.15) is 31.2 Å². The van der Waals surface area contributed by atoms with Gasteiger partial charge in [-0.3, -0.25) is 14.4 Å². The van der Waals surface area contributed by atoms with Gasteiger partial charge in [-0.1, -0.05) is 42.1 Å². The van der Waals surface area contributed by atoms with E-state index in [-0.39, 0.29) is 29.6 Å². The Kier molecular flexibility index (Phi) is 11.0. The fourth-order valence-corrected chi connectivity index (χ4v) is 5.53. The highest BCUT2D eigenvalue weighted by Gasteiger charge is 2.43. The highest BCUT2D eigenvalue weighted by Crippen LogP contribution is 2.40. The Balaban J connectivity index is 1.79. The van der Waals surface area contributed by atoms with E-state index in [1.54, 1.807) is 38.5 Å². The van der Waals surface area contributed by atoms with Crippen molar-refractivity contribution >= 4 is 34.4 Å². The molecule has 1 fully saturated rings. The van der Waals surface area contributed by atoms with Crippen LogP contribution in [0.3, 0.4) is 0 Å². The molecular weight excluding hydrogens is 492 g/mol. The molecule has 2 N–H and O–H groups in total.